The summed E-state index contributed by atoms with van der Waals surface area (Å²) in [4.78, 5) is 59.2. The molecule has 21 nitrogen and oxygen atoms in total. The van der Waals surface area contributed by atoms with E-state index in [1.165, 1.54) is 41.3 Å². The Kier molecular flexibility index (Phi) is 33.3. The minimum absolute atomic E-state index is 0.0116. The summed E-state index contributed by atoms with van der Waals surface area (Å²) in [6.07, 6.45) is 6.88. The lowest BCUT2D eigenvalue weighted by Crippen LogP contribution is -2.51. The first-order chi connectivity index (χ1) is 56.8. The number of alkyl halides is 1. The Bertz CT molecular complexity index is 5210. The van der Waals surface area contributed by atoms with Gasteiger partial charge in [0.15, 0.2) is 5.75 Å². The molecule has 1 N–H and O–H groups in total. The molecular formula is C90H118ClF3N6O15P3Si2+. The number of carbonyl (C=O) groups excluding carboxylic acids is 3. The zero-order valence-corrected chi connectivity index (χ0v) is 78.6. The molecular weight excluding hydrogens is 1650 g/mol. The highest BCUT2D eigenvalue weighted by atomic mass is 35.5. The van der Waals surface area contributed by atoms with E-state index in [0.29, 0.717) is 112 Å². The average molecular weight is 1770 g/mol. The number of rotatable bonds is 33. The van der Waals surface area contributed by atoms with E-state index in [0.717, 1.165) is 66.4 Å². The molecule has 0 saturated heterocycles. The zero-order valence-electron chi connectivity index (χ0n) is 73.2. The van der Waals surface area contributed by atoms with Crippen molar-refractivity contribution in [2.75, 3.05) is 60.8 Å². The van der Waals surface area contributed by atoms with E-state index in [1.807, 2.05) is 25.4 Å². The van der Waals surface area contributed by atoms with Gasteiger partial charge in [0, 0.05) is 86.0 Å². The van der Waals surface area contributed by atoms with Gasteiger partial charge < -0.3 is 46.8 Å². The maximum absolute atomic E-state index is 14.0. The lowest BCUT2D eigenvalue weighted by atomic mass is 9.96. The summed E-state index contributed by atoms with van der Waals surface area (Å²) < 4.78 is 124. The second-order valence-corrected chi connectivity index (χ2v) is 48.4. The number of hydrogen-bond acceptors (Lipinski definition) is 18. The Morgan fingerprint density at radius 3 is 1.00 bits per heavy atom. The molecule has 0 bridgehead atoms. The summed E-state index contributed by atoms with van der Waals surface area (Å²) in [5.74, 6) is -0.0844. The molecule has 0 spiro atoms. The molecule has 6 aromatic carbocycles. The Hall–Kier alpha value is -7.81. The van der Waals surface area contributed by atoms with Gasteiger partial charge in [-0.2, -0.15) is 0 Å². The van der Waals surface area contributed by atoms with Crippen LogP contribution in [0, 0.1) is 17.5 Å². The van der Waals surface area contributed by atoms with Gasteiger partial charge in [-0.1, -0.05) is 119 Å². The van der Waals surface area contributed by atoms with Gasteiger partial charge in [-0.25, -0.2) is 13.2 Å². The van der Waals surface area contributed by atoms with Crippen LogP contribution in [0.2, 0.25) is 33.2 Å². The first kappa shape index (κ1) is 96.0. The lowest BCUT2D eigenvalue weighted by molar-refractivity contribution is 0.0807. The number of aromatic hydroxyl groups is 1. The van der Waals surface area contributed by atoms with Crippen LogP contribution in [0.25, 0.3) is 32.7 Å². The summed E-state index contributed by atoms with van der Waals surface area (Å²) in [5.41, 5.74) is 14.9. The summed E-state index contributed by atoms with van der Waals surface area (Å²) in [6.45, 7) is 40.2. The quantitative estimate of drug-likeness (QED) is 0.0228. The SMILES string of the molecule is CC(C)[Si](Oc1c2c(c(CCl)c3cc(Cc4ccc(F)cc4)cnc13)CN(C)C2=O)(C(C)C)C(C)C.CCOP(=O)(Cc1c2c(c(O)c3ncc(Cc4ccc(F)cc4)cc13)C(=O)N(C)C2)OCC.CCOP(=O)(Cc1c2c(c(O[Si](C(C)C)(C(C)C)C(C)C)c3ncc(Cc4ccc(F)cc4)cc13)C(=O)N(C)C2)OCC.CCO[P+](=O)OCC. The van der Waals surface area contributed by atoms with Crippen molar-refractivity contribution in [3.05, 3.63) is 210 Å². The van der Waals surface area contributed by atoms with Crippen LogP contribution in [0.15, 0.2) is 110 Å². The molecule has 12 rings (SSSR count). The minimum atomic E-state index is -3.54. The highest BCUT2D eigenvalue weighted by Gasteiger charge is 2.51. The van der Waals surface area contributed by atoms with Crippen LogP contribution in [0.1, 0.15) is 222 Å². The molecule has 9 aromatic rings. The van der Waals surface area contributed by atoms with Gasteiger partial charge in [-0.05, 0) is 215 Å². The number of carbonyl (C=O) groups is 3. The number of hydrogen-bond donors (Lipinski definition) is 1. The second kappa shape index (κ2) is 41.6. The van der Waals surface area contributed by atoms with Crippen LogP contribution in [0.4, 0.5) is 13.2 Å². The molecule has 3 amide bonds. The normalized spacial score (nSPS) is 13.6. The highest BCUT2D eigenvalue weighted by molar-refractivity contribution is 7.53. The topological polar surface area (TPSA) is 245 Å². The van der Waals surface area contributed by atoms with Gasteiger partial charge in [0.25, 0.3) is 34.4 Å². The average Bonchev–Trinajstić information content (AvgIpc) is 0.959. The third kappa shape index (κ3) is 21.2. The van der Waals surface area contributed by atoms with E-state index in [1.54, 1.807) is 114 Å². The van der Waals surface area contributed by atoms with Crippen LogP contribution in [-0.4, -0.2) is 130 Å². The van der Waals surface area contributed by atoms with Crippen LogP contribution in [0.3, 0.4) is 0 Å². The fourth-order valence-electron chi connectivity index (χ4n) is 17.4. The molecule has 120 heavy (non-hydrogen) atoms. The third-order valence-corrected chi connectivity index (χ3v) is 39.7. The van der Waals surface area contributed by atoms with Crippen molar-refractivity contribution in [1.29, 1.82) is 0 Å². The third-order valence-electron chi connectivity index (χ3n) is 22.6. The number of nitrogens with zero attached hydrogens (tertiary/aromatic N) is 6. The minimum Gasteiger partial charge on any atom is -0.541 e. The predicted octanol–water partition coefficient (Wildman–Crippen LogP) is 23.5. The second-order valence-electron chi connectivity index (χ2n) is 32.4. The Morgan fingerprint density at radius 2 is 0.708 bits per heavy atom. The van der Waals surface area contributed by atoms with Crippen molar-refractivity contribution in [3.63, 3.8) is 0 Å². The largest absolute Gasteiger partial charge is 0.697 e. The number of phenols is 1. The van der Waals surface area contributed by atoms with Crippen LogP contribution >= 0.6 is 35.0 Å². The van der Waals surface area contributed by atoms with Crippen LogP contribution in [-0.2, 0) is 97.9 Å². The predicted molar refractivity (Wildman–Crippen MR) is 475 cm³/mol. The molecule has 3 aliphatic rings. The monoisotopic (exact) mass is 1760 g/mol. The molecule has 0 radical (unpaired) electrons. The lowest BCUT2D eigenvalue weighted by Gasteiger charge is -2.42. The molecule has 0 unspecified atom stereocenters. The first-order valence-electron chi connectivity index (χ1n) is 41.4. The summed E-state index contributed by atoms with van der Waals surface area (Å²) in [7, 11) is -8.50. The van der Waals surface area contributed by atoms with Gasteiger partial charge in [0.1, 0.15) is 58.7 Å². The van der Waals surface area contributed by atoms with Gasteiger partial charge in [0.05, 0.1) is 55.4 Å². The number of halogens is 4. The van der Waals surface area contributed by atoms with Crippen molar-refractivity contribution < 1.29 is 82.4 Å². The van der Waals surface area contributed by atoms with Gasteiger partial charge in [-0.3, -0.25) is 38.5 Å². The van der Waals surface area contributed by atoms with E-state index >= 15 is 0 Å². The van der Waals surface area contributed by atoms with E-state index in [2.05, 4.69) is 103 Å². The van der Waals surface area contributed by atoms with Crippen molar-refractivity contribution in [2.24, 2.45) is 0 Å². The van der Waals surface area contributed by atoms with Gasteiger partial charge >= 0.3 is 23.4 Å². The smallest absolute Gasteiger partial charge is 0.541 e. The molecule has 0 aliphatic carbocycles. The number of phenolic OH excluding ortho intramolecular Hbond substituents is 1. The van der Waals surface area contributed by atoms with Crippen molar-refractivity contribution in [1.82, 2.24) is 29.7 Å². The summed E-state index contributed by atoms with van der Waals surface area (Å²) >= 11 is 6.52. The maximum atomic E-state index is 14.0. The summed E-state index contributed by atoms with van der Waals surface area (Å²) in [6, 6.07) is 25.2. The fraction of sp³-hybridized carbons (Fsp3) is 0.467. The van der Waals surface area contributed by atoms with Crippen molar-refractivity contribution >= 4 is 102 Å². The molecule has 6 heterocycles. The molecule has 3 aliphatic heterocycles. The number of benzene rings is 6. The van der Waals surface area contributed by atoms with Gasteiger partial charge in [0.2, 0.25) is 0 Å². The van der Waals surface area contributed by atoms with Crippen LogP contribution < -0.4 is 8.85 Å². The zero-order chi connectivity index (χ0) is 88.2. The van der Waals surface area contributed by atoms with E-state index in [9.17, 15) is 46.4 Å². The van der Waals surface area contributed by atoms with E-state index in [-0.39, 0.29) is 120 Å². The fourth-order valence-corrected chi connectivity index (χ4v) is 32.3. The Labute approximate surface area is 713 Å². The molecule has 0 saturated carbocycles. The molecule has 30 heteroatoms. The molecule has 3 aromatic heterocycles. The Balaban J connectivity index is 0.000000197. The number of pyridine rings is 3. The van der Waals surface area contributed by atoms with E-state index < -0.39 is 40.1 Å². The van der Waals surface area contributed by atoms with E-state index in [4.69, 9.17) is 48.5 Å². The molecule has 0 atom stereocenters. The van der Waals surface area contributed by atoms with Crippen molar-refractivity contribution in [3.8, 4) is 17.2 Å². The maximum Gasteiger partial charge on any atom is 0.697 e. The summed E-state index contributed by atoms with van der Waals surface area (Å²) in [5, 5.41) is 13.2. The highest BCUT2D eigenvalue weighted by Crippen LogP contribution is 2.58. The van der Waals surface area contributed by atoms with Crippen molar-refractivity contribution in [2.45, 2.75) is 215 Å². The number of aromatic nitrogens is 3. The van der Waals surface area contributed by atoms with Gasteiger partial charge in [-0.15, -0.1) is 20.6 Å². The molecule has 648 valence electrons. The number of amides is 3. The molecule has 0 fully saturated rings. The van der Waals surface area contributed by atoms with Crippen LogP contribution in [0.5, 0.6) is 17.2 Å². The standard InChI is InChI=1S/C33H46FN2O5PSi.C29H36ClFN2O2Si.C24H26FN2O5P.C4H10O3P/c1-10-39-42(38,40-11-2)20-29-27-17-25(16-24-12-14-26(34)15-13-24)18-35-31(27)32(30-28(29)19-36(9)33(30)37)41-43(21(3)4,22(5)6)23(7)8;1-17(2)36(18(3)4,19(5)6)35-28-26-25(16-33(7)29(26)34)24(14-30)23-13-21(15-32-27(23)28)12-20-8-10-22(31)11-9-20;1-4-31-33(30,32-5-2)14-20-18-11-16(10-15-6-8-17(25)9-7-15)12-26-22(18)23(28)21-19(20)13-27(3)24(21)29;1-3-6-8(5)7-4-2/h12-15,17-18,21-23H,10-11,16,19-20H2,1-9H3;8-11,13,15,17-19H,12,14,16H2,1-7H3;6-9,11-12,28H,4-5,10,13-14H2,1-3H3;3-4H2,1-2H3/q;;;+1. The first-order valence-corrected chi connectivity index (χ1v) is 50.7. The number of fused-ring (bicyclic) bond motifs is 6. The Morgan fingerprint density at radius 1 is 0.433 bits per heavy atom.